The summed E-state index contributed by atoms with van der Waals surface area (Å²) < 4.78 is 24.8. The summed E-state index contributed by atoms with van der Waals surface area (Å²) in [6.07, 6.45) is 2.57. The number of nitrogens with one attached hydrogen (secondary N) is 3. The Kier molecular flexibility index (Phi) is 13.7. The standard InChI is InChI=1S/C35H46N8O6/c1-23-29(21-48-32-15-13-27(34(39-32)46-5)10-7-8-17-37-25(3)44)11-9-12-31(23)43-24(2)30(41-42-43)22-49-33-16-14-28(35(40-33)47-6)20-36-18-19-38-26(4)45/h9,11-16,36H,7-8,10,17-22H2,1-6H3,(H,37,44)(H,38,45). The average Bonchev–Trinajstić information content (AvgIpc) is 3.46. The SMILES string of the molecule is COc1nc(OCc2cccc(-n3nnc(COc4ccc(CNCCNC(C)=O)c(OC)n4)c3C)c2C)ccc1CCCCNC(C)=O. The van der Waals surface area contributed by atoms with E-state index in [1.165, 1.54) is 13.8 Å². The highest BCUT2D eigenvalue weighted by Gasteiger charge is 2.16. The maximum Gasteiger partial charge on any atom is 0.220 e. The van der Waals surface area contributed by atoms with E-state index >= 15 is 0 Å². The molecule has 0 spiro atoms. The first kappa shape index (κ1) is 36.6. The highest BCUT2D eigenvalue weighted by atomic mass is 16.5. The van der Waals surface area contributed by atoms with Crippen molar-refractivity contribution in [3.8, 4) is 29.2 Å². The van der Waals surface area contributed by atoms with Crippen molar-refractivity contribution in [1.82, 2.24) is 40.9 Å². The van der Waals surface area contributed by atoms with Crippen molar-refractivity contribution in [1.29, 1.82) is 0 Å². The van der Waals surface area contributed by atoms with E-state index < -0.39 is 0 Å². The Bertz CT molecular complexity index is 1710. The molecule has 0 aliphatic rings. The Morgan fingerprint density at radius 1 is 0.755 bits per heavy atom. The normalized spacial score (nSPS) is 10.8. The molecule has 0 fully saturated rings. The van der Waals surface area contributed by atoms with Crippen molar-refractivity contribution < 1.29 is 28.5 Å². The third-order valence-corrected chi connectivity index (χ3v) is 7.82. The number of aryl methyl sites for hydroxylation is 1. The molecule has 2 amide bonds. The Labute approximate surface area is 286 Å². The van der Waals surface area contributed by atoms with Gasteiger partial charge >= 0.3 is 0 Å². The monoisotopic (exact) mass is 674 g/mol. The highest BCUT2D eigenvalue weighted by molar-refractivity contribution is 5.73. The third-order valence-electron chi connectivity index (χ3n) is 7.82. The van der Waals surface area contributed by atoms with E-state index in [-0.39, 0.29) is 18.4 Å². The van der Waals surface area contributed by atoms with Crippen LogP contribution in [0.2, 0.25) is 0 Å². The van der Waals surface area contributed by atoms with Crippen LogP contribution in [0.3, 0.4) is 0 Å². The quantitative estimate of drug-likeness (QED) is 0.125. The summed E-state index contributed by atoms with van der Waals surface area (Å²) in [5.74, 6) is 1.79. The van der Waals surface area contributed by atoms with Gasteiger partial charge < -0.3 is 34.9 Å². The molecule has 1 aromatic carbocycles. The molecule has 3 heterocycles. The van der Waals surface area contributed by atoms with Crippen LogP contribution in [0.5, 0.6) is 23.5 Å². The third kappa shape index (κ3) is 10.6. The molecule has 0 bridgehead atoms. The maximum absolute atomic E-state index is 11.1. The van der Waals surface area contributed by atoms with Gasteiger partial charge in [0, 0.05) is 63.3 Å². The van der Waals surface area contributed by atoms with Gasteiger partial charge in [0.15, 0.2) is 0 Å². The molecule has 49 heavy (non-hydrogen) atoms. The minimum absolute atomic E-state index is 0.0202. The lowest BCUT2D eigenvalue weighted by atomic mass is 10.1. The van der Waals surface area contributed by atoms with Gasteiger partial charge in [0.2, 0.25) is 35.3 Å². The van der Waals surface area contributed by atoms with E-state index in [9.17, 15) is 9.59 Å². The predicted octanol–water partition coefficient (Wildman–Crippen LogP) is 3.53. The molecule has 4 rings (SSSR count). The van der Waals surface area contributed by atoms with Crippen molar-refractivity contribution in [2.45, 2.75) is 66.7 Å². The van der Waals surface area contributed by atoms with E-state index in [1.54, 1.807) is 25.0 Å². The molecule has 0 radical (unpaired) electrons. The molecular weight excluding hydrogens is 628 g/mol. The fourth-order valence-corrected chi connectivity index (χ4v) is 5.07. The summed E-state index contributed by atoms with van der Waals surface area (Å²) >= 11 is 0. The van der Waals surface area contributed by atoms with Crippen LogP contribution in [-0.2, 0) is 35.8 Å². The average molecular weight is 675 g/mol. The molecular formula is C35H46N8O6. The fraction of sp³-hybridized carbons (Fsp3) is 0.429. The van der Waals surface area contributed by atoms with Crippen LogP contribution >= 0.6 is 0 Å². The van der Waals surface area contributed by atoms with Crippen LogP contribution in [-0.4, -0.2) is 70.6 Å². The molecule has 14 heteroatoms. The first-order chi connectivity index (χ1) is 23.7. The van der Waals surface area contributed by atoms with Crippen molar-refractivity contribution in [3.05, 3.63) is 76.1 Å². The molecule has 0 atom stereocenters. The minimum atomic E-state index is -0.0615. The summed E-state index contributed by atoms with van der Waals surface area (Å²) in [5, 5.41) is 17.6. The number of carbonyl (C=O) groups excluding carboxylic acids is 2. The molecule has 0 saturated heterocycles. The largest absolute Gasteiger partial charge is 0.481 e. The Morgan fingerprint density at radius 3 is 2.10 bits per heavy atom. The lowest BCUT2D eigenvalue weighted by molar-refractivity contribution is -0.119. The van der Waals surface area contributed by atoms with E-state index in [0.717, 1.165) is 52.9 Å². The van der Waals surface area contributed by atoms with Crippen molar-refractivity contribution in [3.63, 3.8) is 0 Å². The van der Waals surface area contributed by atoms with Gasteiger partial charge in [0.05, 0.1) is 25.6 Å². The number of rotatable bonds is 19. The second-order valence-electron chi connectivity index (χ2n) is 11.4. The summed E-state index contributed by atoms with van der Waals surface area (Å²) in [5.41, 5.74) is 6.25. The minimum Gasteiger partial charge on any atom is -0.481 e. The van der Waals surface area contributed by atoms with Crippen LogP contribution in [0.15, 0.2) is 42.5 Å². The molecule has 262 valence electrons. The molecule has 0 aliphatic carbocycles. The van der Waals surface area contributed by atoms with Gasteiger partial charge in [-0.05, 0) is 62.4 Å². The predicted molar refractivity (Wildman–Crippen MR) is 183 cm³/mol. The maximum atomic E-state index is 11.1. The van der Waals surface area contributed by atoms with Gasteiger partial charge in [-0.2, -0.15) is 9.97 Å². The van der Waals surface area contributed by atoms with E-state index in [4.69, 9.17) is 18.9 Å². The Balaban J connectivity index is 1.35. The molecule has 3 N–H and O–H groups in total. The topological polar surface area (TPSA) is 164 Å². The molecule has 14 nitrogen and oxygen atoms in total. The van der Waals surface area contributed by atoms with Gasteiger partial charge in [0.1, 0.15) is 18.9 Å². The van der Waals surface area contributed by atoms with Gasteiger partial charge in [-0.25, -0.2) is 4.68 Å². The van der Waals surface area contributed by atoms with E-state index in [0.29, 0.717) is 62.0 Å². The van der Waals surface area contributed by atoms with Gasteiger partial charge in [-0.1, -0.05) is 17.3 Å². The van der Waals surface area contributed by atoms with Crippen molar-refractivity contribution in [2.75, 3.05) is 33.9 Å². The van der Waals surface area contributed by atoms with Crippen molar-refractivity contribution >= 4 is 11.8 Å². The number of hydrogen-bond acceptors (Lipinski definition) is 11. The summed E-state index contributed by atoms with van der Waals surface area (Å²) in [6.45, 7) is 9.81. The number of unbranched alkanes of at least 4 members (excludes halogenated alkanes) is 1. The van der Waals surface area contributed by atoms with Crippen LogP contribution in [0.1, 0.15) is 60.3 Å². The molecule has 0 aliphatic heterocycles. The smallest absolute Gasteiger partial charge is 0.220 e. The molecule has 0 unspecified atom stereocenters. The number of amides is 2. The number of benzene rings is 1. The first-order valence-electron chi connectivity index (χ1n) is 16.2. The van der Waals surface area contributed by atoms with Gasteiger partial charge in [-0.3, -0.25) is 9.59 Å². The number of nitrogens with zero attached hydrogens (tertiary/aromatic N) is 5. The summed E-state index contributed by atoms with van der Waals surface area (Å²) in [4.78, 5) is 31.1. The Morgan fingerprint density at radius 2 is 1.41 bits per heavy atom. The van der Waals surface area contributed by atoms with E-state index in [1.807, 2.05) is 50.2 Å². The molecule has 3 aromatic heterocycles. The summed E-state index contributed by atoms with van der Waals surface area (Å²) in [6, 6.07) is 13.5. The number of hydrogen-bond donors (Lipinski definition) is 3. The van der Waals surface area contributed by atoms with Crippen molar-refractivity contribution in [2.24, 2.45) is 0 Å². The number of ether oxygens (including phenoxy) is 4. The number of aromatic nitrogens is 5. The summed E-state index contributed by atoms with van der Waals surface area (Å²) in [7, 11) is 3.16. The lowest BCUT2D eigenvalue weighted by Crippen LogP contribution is -2.30. The molecule has 4 aromatic rings. The fourth-order valence-electron chi connectivity index (χ4n) is 5.07. The molecule has 0 saturated carbocycles. The number of pyridine rings is 2. The highest BCUT2D eigenvalue weighted by Crippen LogP contribution is 2.25. The van der Waals surface area contributed by atoms with E-state index in [2.05, 4.69) is 36.2 Å². The van der Waals surface area contributed by atoms with Gasteiger partial charge in [0.25, 0.3) is 0 Å². The second-order valence-corrected chi connectivity index (χ2v) is 11.4. The number of methoxy groups -OCH3 is 2. The zero-order chi connectivity index (χ0) is 35.2. The zero-order valence-corrected chi connectivity index (χ0v) is 29.1. The second kappa shape index (κ2) is 18.3. The van der Waals surface area contributed by atoms with Crippen LogP contribution < -0.4 is 34.9 Å². The lowest BCUT2D eigenvalue weighted by Gasteiger charge is -2.14. The van der Waals surface area contributed by atoms with Crippen LogP contribution in [0.25, 0.3) is 5.69 Å². The van der Waals surface area contributed by atoms with Crippen LogP contribution in [0.4, 0.5) is 0 Å². The first-order valence-corrected chi connectivity index (χ1v) is 16.2. The zero-order valence-electron chi connectivity index (χ0n) is 29.1. The van der Waals surface area contributed by atoms with Crippen LogP contribution in [0, 0.1) is 13.8 Å². The Hall–Kier alpha value is -5.24. The number of carbonyl (C=O) groups is 2. The van der Waals surface area contributed by atoms with Gasteiger partial charge in [-0.15, -0.1) is 5.10 Å².